The number of aromatic nitrogens is 2. The predicted molar refractivity (Wildman–Crippen MR) is 78.8 cm³/mol. The van der Waals surface area contributed by atoms with E-state index in [0.29, 0.717) is 11.5 Å². The Hall–Kier alpha value is -2.93. The maximum atomic E-state index is 9.31. The van der Waals surface area contributed by atoms with Crippen LogP contribution in [0.25, 0.3) is 22.0 Å². The first-order valence-electron chi connectivity index (χ1n) is 6.21. The number of nitriles is 1. The molecule has 0 amide bonds. The van der Waals surface area contributed by atoms with E-state index >= 15 is 0 Å². The number of nitrogen functional groups attached to an aromatic ring is 1. The zero-order valence-electron chi connectivity index (χ0n) is 11.0. The van der Waals surface area contributed by atoms with Gasteiger partial charge in [0.05, 0.1) is 5.52 Å². The fraction of sp³-hybridized carbons (Fsp3) is 0.0625. The molecule has 0 aliphatic carbocycles. The van der Waals surface area contributed by atoms with Gasteiger partial charge in [-0.2, -0.15) is 5.26 Å². The molecule has 2 heterocycles. The molecule has 4 nitrogen and oxygen atoms in total. The number of hydrogen-bond donors (Lipinski definition) is 1. The minimum absolute atomic E-state index is 0.398. The summed E-state index contributed by atoms with van der Waals surface area (Å²) in [7, 11) is 0. The second-order valence-corrected chi connectivity index (χ2v) is 4.62. The summed E-state index contributed by atoms with van der Waals surface area (Å²) in [6.45, 7) is 1.90. The number of rotatable bonds is 1. The number of nitrogens with two attached hydrogens (primary N) is 1. The Balaban J connectivity index is 2.29. The van der Waals surface area contributed by atoms with Crippen LogP contribution in [0.4, 0.5) is 5.82 Å². The highest BCUT2D eigenvalue weighted by Gasteiger charge is 2.10. The molecule has 0 aliphatic rings. The average molecular weight is 260 g/mol. The van der Waals surface area contributed by atoms with Crippen LogP contribution in [-0.4, -0.2) is 9.97 Å². The van der Waals surface area contributed by atoms with Gasteiger partial charge in [0.25, 0.3) is 0 Å². The van der Waals surface area contributed by atoms with Crippen LogP contribution in [0.3, 0.4) is 0 Å². The van der Waals surface area contributed by atoms with Gasteiger partial charge in [0.2, 0.25) is 0 Å². The van der Waals surface area contributed by atoms with E-state index in [0.717, 1.165) is 27.6 Å². The van der Waals surface area contributed by atoms with Crippen LogP contribution in [0.1, 0.15) is 11.3 Å². The van der Waals surface area contributed by atoms with E-state index in [-0.39, 0.29) is 0 Å². The molecule has 0 unspecified atom stereocenters. The van der Waals surface area contributed by atoms with Gasteiger partial charge >= 0.3 is 0 Å². The van der Waals surface area contributed by atoms with Crippen molar-refractivity contribution in [3.8, 4) is 17.2 Å². The van der Waals surface area contributed by atoms with Gasteiger partial charge < -0.3 is 5.73 Å². The zero-order valence-corrected chi connectivity index (χ0v) is 11.0. The molecule has 2 aromatic heterocycles. The number of fused-ring (bicyclic) bond motifs is 1. The maximum absolute atomic E-state index is 9.31. The summed E-state index contributed by atoms with van der Waals surface area (Å²) in [6, 6.07) is 13.8. The largest absolute Gasteiger partial charge is 0.383 e. The van der Waals surface area contributed by atoms with E-state index in [4.69, 9.17) is 5.73 Å². The Bertz CT molecular complexity index is 847. The third kappa shape index (κ3) is 1.95. The highest BCUT2D eigenvalue weighted by molar-refractivity contribution is 5.86. The third-order valence-electron chi connectivity index (χ3n) is 3.26. The average Bonchev–Trinajstić information content (AvgIpc) is 2.48. The topological polar surface area (TPSA) is 75.6 Å². The molecule has 3 aromatic rings. The van der Waals surface area contributed by atoms with Crippen LogP contribution in [0, 0.1) is 18.3 Å². The zero-order chi connectivity index (χ0) is 14.1. The smallest absolute Gasteiger partial charge is 0.149 e. The Labute approximate surface area is 116 Å². The Morgan fingerprint density at radius 3 is 2.75 bits per heavy atom. The molecule has 0 bridgehead atoms. The highest BCUT2D eigenvalue weighted by atomic mass is 14.8. The molecular weight excluding hydrogens is 248 g/mol. The van der Waals surface area contributed by atoms with Crippen LogP contribution in [0.2, 0.25) is 0 Å². The van der Waals surface area contributed by atoms with E-state index < -0.39 is 0 Å². The van der Waals surface area contributed by atoms with Crippen LogP contribution >= 0.6 is 0 Å². The molecule has 0 radical (unpaired) electrons. The Kier molecular flexibility index (Phi) is 2.81. The molecule has 1 aromatic carbocycles. The monoisotopic (exact) mass is 260 g/mol. The molecule has 0 fully saturated rings. The van der Waals surface area contributed by atoms with Gasteiger partial charge in [-0.15, -0.1) is 0 Å². The Morgan fingerprint density at radius 2 is 2.00 bits per heavy atom. The standard InChI is InChI=1S/C16H12N4/c1-10-6-12(9-19-16(10)18)13-7-11-4-2-3-5-14(11)20-15(13)8-17/h2-7,9H,1H3,(H2,18,19). The Morgan fingerprint density at radius 1 is 1.20 bits per heavy atom. The molecule has 0 atom stereocenters. The van der Waals surface area contributed by atoms with Crippen LogP contribution in [0.15, 0.2) is 42.6 Å². The van der Waals surface area contributed by atoms with Gasteiger partial charge in [-0.1, -0.05) is 18.2 Å². The summed E-state index contributed by atoms with van der Waals surface area (Å²) < 4.78 is 0. The summed E-state index contributed by atoms with van der Waals surface area (Å²) in [5.41, 5.74) is 9.47. The van der Waals surface area contributed by atoms with Crippen molar-refractivity contribution in [1.82, 2.24) is 9.97 Å². The number of para-hydroxylation sites is 1. The minimum Gasteiger partial charge on any atom is -0.383 e. The van der Waals surface area contributed by atoms with Gasteiger partial charge in [-0.3, -0.25) is 0 Å². The third-order valence-corrected chi connectivity index (χ3v) is 3.26. The summed E-state index contributed by atoms with van der Waals surface area (Å²) in [6.07, 6.45) is 1.68. The van der Waals surface area contributed by atoms with Gasteiger partial charge in [0.1, 0.15) is 17.6 Å². The number of aryl methyl sites for hydroxylation is 1. The first kappa shape index (κ1) is 12.1. The maximum Gasteiger partial charge on any atom is 0.149 e. The van der Waals surface area contributed by atoms with Crippen molar-refractivity contribution >= 4 is 16.7 Å². The van der Waals surface area contributed by atoms with Crippen molar-refractivity contribution in [1.29, 1.82) is 5.26 Å². The second kappa shape index (κ2) is 4.63. The lowest BCUT2D eigenvalue weighted by Gasteiger charge is -2.07. The number of pyridine rings is 2. The number of hydrogen-bond acceptors (Lipinski definition) is 4. The molecule has 96 valence electrons. The molecular formula is C16H12N4. The van der Waals surface area contributed by atoms with Crippen molar-refractivity contribution in [2.75, 3.05) is 5.73 Å². The quantitative estimate of drug-likeness (QED) is 0.729. The van der Waals surface area contributed by atoms with E-state index in [1.807, 2.05) is 43.3 Å². The predicted octanol–water partition coefficient (Wildman–Crippen LogP) is 3.06. The van der Waals surface area contributed by atoms with E-state index in [2.05, 4.69) is 16.0 Å². The van der Waals surface area contributed by atoms with Crippen LogP contribution < -0.4 is 5.73 Å². The lowest BCUT2D eigenvalue weighted by atomic mass is 10.0. The fourth-order valence-electron chi connectivity index (χ4n) is 2.15. The van der Waals surface area contributed by atoms with Crippen molar-refractivity contribution in [2.24, 2.45) is 0 Å². The molecule has 2 N–H and O–H groups in total. The van der Waals surface area contributed by atoms with E-state index in [1.165, 1.54) is 0 Å². The molecule has 0 spiro atoms. The lowest BCUT2D eigenvalue weighted by Crippen LogP contribution is -1.96. The van der Waals surface area contributed by atoms with Gasteiger partial charge in [-0.05, 0) is 30.7 Å². The van der Waals surface area contributed by atoms with E-state index in [9.17, 15) is 5.26 Å². The summed E-state index contributed by atoms with van der Waals surface area (Å²) in [5, 5.41) is 10.3. The summed E-state index contributed by atoms with van der Waals surface area (Å²) in [5.74, 6) is 0.501. The number of benzene rings is 1. The van der Waals surface area contributed by atoms with Crippen LogP contribution in [0.5, 0.6) is 0 Å². The summed E-state index contributed by atoms with van der Waals surface area (Å²) in [4.78, 5) is 8.55. The van der Waals surface area contributed by atoms with E-state index in [1.54, 1.807) is 6.20 Å². The normalized spacial score (nSPS) is 10.4. The van der Waals surface area contributed by atoms with Crippen molar-refractivity contribution < 1.29 is 0 Å². The fourth-order valence-corrected chi connectivity index (χ4v) is 2.15. The van der Waals surface area contributed by atoms with Gasteiger partial charge in [-0.25, -0.2) is 9.97 Å². The molecule has 0 saturated carbocycles. The van der Waals surface area contributed by atoms with Crippen LogP contribution in [-0.2, 0) is 0 Å². The number of nitrogens with zero attached hydrogens (tertiary/aromatic N) is 3. The second-order valence-electron chi connectivity index (χ2n) is 4.62. The van der Waals surface area contributed by atoms with Gasteiger partial charge in [0.15, 0.2) is 0 Å². The van der Waals surface area contributed by atoms with Gasteiger partial charge in [0, 0.05) is 22.7 Å². The molecule has 20 heavy (non-hydrogen) atoms. The first-order valence-corrected chi connectivity index (χ1v) is 6.21. The minimum atomic E-state index is 0.398. The molecule has 4 heteroatoms. The molecule has 0 aliphatic heterocycles. The highest BCUT2D eigenvalue weighted by Crippen LogP contribution is 2.27. The van der Waals surface area contributed by atoms with Crippen molar-refractivity contribution in [3.05, 3.63) is 53.9 Å². The molecule has 0 saturated heterocycles. The van der Waals surface area contributed by atoms with Crippen molar-refractivity contribution in [3.63, 3.8) is 0 Å². The summed E-state index contributed by atoms with van der Waals surface area (Å²) >= 11 is 0. The molecule has 3 rings (SSSR count). The number of anilines is 1. The van der Waals surface area contributed by atoms with Crippen molar-refractivity contribution in [2.45, 2.75) is 6.92 Å². The lowest BCUT2D eigenvalue weighted by molar-refractivity contribution is 1.26. The first-order chi connectivity index (χ1) is 9.69. The SMILES string of the molecule is Cc1cc(-c2cc3ccccc3nc2C#N)cnc1N.